The van der Waals surface area contributed by atoms with Gasteiger partial charge in [0, 0.05) is 66.9 Å². The van der Waals surface area contributed by atoms with Crippen LogP contribution >= 0.6 is 15.9 Å². The summed E-state index contributed by atoms with van der Waals surface area (Å²) < 4.78 is 14.0. The van der Waals surface area contributed by atoms with Gasteiger partial charge in [0.1, 0.15) is 0 Å². The van der Waals surface area contributed by atoms with Crippen molar-refractivity contribution in [3.8, 4) is 11.1 Å². The number of fused-ring (bicyclic) bond motifs is 2. The summed E-state index contributed by atoms with van der Waals surface area (Å²) in [4.78, 5) is 57.9. The molecule has 4 amide bonds. The van der Waals surface area contributed by atoms with Crippen molar-refractivity contribution in [1.82, 2.24) is 29.4 Å². The zero-order valence-electron chi connectivity index (χ0n) is 43.2. The molecule has 6 aromatic carbocycles. The highest BCUT2D eigenvalue weighted by Crippen LogP contribution is 2.30. The molecule has 4 heterocycles. The van der Waals surface area contributed by atoms with E-state index in [1.165, 1.54) is 20.6 Å². The lowest BCUT2D eigenvalue weighted by Gasteiger charge is -2.33. The van der Waals surface area contributed by atoms with Gasteiger partial charge in [0.2, 0.25) is 0 Å². The van der Waals surface area contributed by atoms with E-state index < -0.39 is 7.12 Å². The van der Waals surface area contributed by atoms with E-state index in [2.05, 4.69) is 56.5 Å². The second-order valence-corrected chi connectivity index (χ2v) is 19.7. The summed E-state index contributed by atoms with van der Waals surface area (Å²) in [5.41, 5.74) is 9.10. The van der Waals surface area contributed by atoms with Crippen molar-refractivity contribution in [2.24, 2.45) is 14.1 Å². The van der Waals surface area contributed by atoms with Crippen LogP contribution in [-0.2, 0) is 36.7 Å². The molecule has 0 unspecified atom stereocenters. The van der Waals surface area contributed by atoms with E-state index in [0.717, 1.165) is 118 Å². The first kappa shape index (κ1) is 54.5. The first-order valence-electron chi connectivity index (χ1n) is 25.3. The normalized spacial score (nSPS) is 13.2. The van der Waals surface area contributed by atoms with E-state index in [-0.39, 0.29) is 24.0 Å². The van der Waals surface area contributed by atoms with Gasteiger partial charge in [-0.3, -0.25) is 19.2 Å². The van der Waals surface area contributed by atoms with Crippen LogP contribution in [0.25, 0.3) is 32.9 Å². The Hall–Kier alpha value is -7.80. The van der Waals surface area contributed by atoms with Crippen molar-refractivity contribution < 1.29 is 38.7 Å². The molecule has 2 aliphatic rings. The van der Waals surface area contributed by atoms with Crippen LogP contribution in [0.15, 0.2) is 150 Å². The van der Waals surface area contributed by atoms with Crippen LogP contribution in [-0.4, -0.2) is 111 Å². The quantitative estimate of drug-likeness (QED) is 0.0991. The maximum atomic E-state index is 13.7. The zero-order chi connectivity index (χ0) is 53.7. The number of carbonyl (C=O) groups is 4. The van der Waals surface area contributed by atoms with Gasteiger partial charge in [0.25, 0.3) is 0 Å². The third-order valence-corrected chi connectivity index (χ3v) is 14.1. The highest BCUT2D eigenvalue weighted by Gasteiger charge is 2.26. The number of ether oxygens (including phenoxy) is 2. The molecule has 2 saturated heterocycles. The number of urea groups is 2. The van der Waals surface area contributed by atoms with Crippen molar-refractivity contribution in [2.45, 2.75) is 51.6 Å². The number of piperidine rings is 2. The first-order chi connectivity index (χ1) is 36.8. The van der Waals surface area contributed by atoms with Crippen molar-refractivity contribution in [1.29, 1.82) is 0 Å². The number of carbonyl (C=O) groups excluding carboxylic acids is 4. The van der Waals surface area contributed by atoms with E-state index in [9.17, 15) is 19.2 Å². The van der Waals surface area contributed by atoms with E-state index in [4.69, 9.17) is 19.5 Å². The zero-order valence-corrected chi connectivity index (χ0v) is 44.8. The SMILES string of the molecule is COC(=O)c1ccc(CN(C(=O)N2CCCCC2)c2cccc(-c3ccc4cnn(C)c4c3)c2)cc1.COC(=O)c1ccc(CN(C(=O)N2CCCCC2)c2cccc(Br)c2)cc1.Cn1ncc2ccc(B(O)O)cc21. The number of halogens is 1. The van der Waals surface area contributed by atoms with E-state index >= 15 is 0 Å². The molecule has 2 aliphatic heterocycles. The molecule has 0 atom stereocenters. The lowest BCUT2D eigenvalue weighted by molar-refractivity contribution is 0.0592. The Morgan fingerprint density at radius 3 is 1.47 bits per heavy atom. The van der Waals surface area contributed by atoms with Crippen molar-refractivity contribution in [3.63, 3.8) is 0 Å². The smallest absolute Gasteiger partial charge is 0.465 e. The number of nitrogens with zero attached hydrogens (tertiary/aromatic N) is 8. The van der Waals surface area contributed by atoms with Crippen LogP contribution in [0.5, 0.6) is 0 Å². The van der Waals surface area contributed by atoms with Gasteiger partial charge in [-0.2, -0.15) is 10.2 Å². The van der Waals surface area contributed by atoms with Gasteiger partial charge in [0.05, 0.1) is 61.9 Å². The fraction of sp³-hybridized carbons (Fsp3) is 0.276. The van der Waals surface area contributed by atoms with Crippen molar-refractivity contribution in [2.75, 3.05) is 50.2 Å². The topological polar surface area (TPSA) is 176 Å². The molecule has 18 heteroatoms. The number of rotatable bonds is 10. The third kappa shape index (κ3) is 13.5. The minimum absolute atomic E-state index is 0.00554. The Kier molecular flexibility index (Phi) is 18.4. The number of methoxy groups -OCH3 is 2. The molecule has 2 aromatic heterocycles. The molecular weight excluding hydrogens is 1030 g/mol. The maximum Gasteiger partial charge on any atom is 0.488 e. The molecule has 0 spiro atoms. The highest BCUT2D eigenvalue weighted by molar-refractivity contribution is 9.10. The highest BCUT2D eigenvalue weighted by atomic mass is 79.9. The largest absolute Gasteiger partial charge is 0.488 e. The van der Waals surface area contributed by atoms with Gasteiger partial charge in [-0.15, -0.1) is 0 Å². The number of anilines is 2. The lowest BCUT2D eigenvalue weighted by Crippen LogP contribution is -2.45. The molecule has 0 aliphatic carbocycles. The number of amides is 4. The Morgan fingerprint density at radius 1 is 0.553 bits per heavy atom. The van der Waals surface area contributed by atoms with Crippen LogP contribution in [0.2, 0.25) is 0 Å². The number of hydrogen-bond donors (Lipinski definition) is 2. The van der Waals surface area contributed by atoms with Crippen molar-refractivity contribution >= 4 is 85.7 Å². The summed E-state index contributed by atoms with van der Waals surface area (Å²) in [5.74, 6) is -0.740. The van der Waals surface area contributed by atoms with Gasteiger partial charge >= 0.3 is 31.1 Å². The Bertz CT molecular complexity index is 3280. The molecule has 76 heavy (non-hydrogen) atoms. The summed E-state index contributed by atoms with van der Waals surface area (Å²) in [5, 5.41) is 28.4. The van der Waals surface area contributed by atoms with Crippen molar-refractivity contribution in [3.05, 3.63) is 173 Å². The monoisotopic (exact) mass is 1090 g/mol. The Labute approximate surface area is 451 Å². The molecular formula is C58H62BBrN8O8. The number of benzene rings is 6. The fourth-order valence-electron chi connectivity index (χ4n) is 9.29. The van der Waals surface area contributed by atoms with Gasteiger partial charge in [-0.05, 0) is 133 Å². The molecule has 8 aromatic rings. The third-order valence-electron chi connectivity index (χ3n) is 13.6. The van der Waals surface area contributed by atoms with Gasteiger partial charge in [0.15, 0.2) is 0 Å². The van der Waals surface area contributed by atoms with E-state index in [1.54, 1.807) is 52.2 Å². The Balaban J connectivity index is 0.000000167. The molecule has 392 valence electrons. The molecule has 0 radical (unpaired) electrons. The molecule has 10 rings (SSSR count). The minimum atomic E-state index is -1.42. The number of esters is 2. The average Bonchev–Trinajstić information content (AvgIpc) is 4.04. The van der Waals surface area contributed by atoms with Gasteiger partial charge in [-0.1, -0.05) is 82.7 Å². The van der Waals surface area contributed by atoms with Crippen LogP contribution in [0.4, 0.5) is 21.0 Å². The standard InChI is InChI=1S/C29H30N4O3.C21H23BrN2O3.C8H9BN2O2/c1-31-27-18-24(13-14-25(27)19-30-31)23-7-6-8-26(17-23)33(29(35)32-15-4-3-5-16-32)20-21-9-11-22(12-10-21)28(34)36-2;1-27-20(25)17-10-8-16(9-11-17)15-24(19-7-5-6-18(22)14-19)21(26)23-12-3-2-4-13-23;1-11-8-4-7(9(12)13)3-2-6(8)5-10-11/h6-14,17-19H,3-5,15-16,20H2,1-2H3;5-11,14H,2-4,12-13,15H2,1H3;2-5,12-13H,1H3. The number of hydrogen-bond acceptors (Lipinski definition) is 10. The average molecular weight is 1090 g/mol. The second kappa shape index (κ2) is 25.6. The summed E-state index contributed by atoms with van der Waals surface area (Å²) in [7, 11) is 5.07. The lowest BCUT2D eigenvalue weighted by atomic mass is 9.80. The predicted molar refractivity (Wildman–Crippen MR) is 300 cm³/mol. The molecule has 2 N–H and O–H groups in total. The van der Waals surface area contributed by atoms with Gasteiger partial charge in [-0.25, -0.2) is 19.2 Å². The molecule has 0 saturated carbocycles. The number of aromatic nitrogens is 4. The maximum absolute atomic E-state index is 13.7. The van der Waals surface area contributed by atoms with E-state index in [1.807, 2.05) is 106 Å². The predicted octanol–water partition coefficient (Wildman–Crippen LogP) is 9.74. The number of aryl methyl sites for hydroxylation is 2. The minimum Gasteiger partial charge on any atom is -0.465 e. The Morgan fingerprint density at radius 2 is 1.00 bits per heavy atom. The van der Waals surface area contributed by atoms with Crippen LogP contribution in [0.1, 0.15) is 70.4 Å². The second-order valence-electron chi connectivity index (χ2n) is 18.7. The molecule has 0 bridgehead atoms. The summed E-state index contributed by atoms with van der Waals surface area (Å²) in [6.07, 6.45) is 10.1. The van der Waals surface area contributed by atoms with Crippen LogP contribution in [0.3, 0.4) is 0 Å². The molecule has 2 fully saturated rings. The number of likely N-dealkylation sites (tertiary alicyclic amines) is 2. The summed E-state index contributed by atoms with van der Waals surface area (Å²) >= 11 is 3.49. The fourth-order valence-corrected chi connectivity index (χ4v) is 9.67. The van der Waals surface area contributed by atoms with Crippen LogP contribution < -0.4 is 15.3 Å². The summed E-state index contributed by atoms with van der Waals surface area (Å²) in [6, 6.07) is 41.8. The van der Waals surface area contributed by atoms with Crippen LogP contribution in [0, 0.1) is 0 Å². The molecule has 16 nitrogen and oxygen atoms in total. The van der Waals surface area contributed by atoms with Gasteiger partial charge < -0.3 is 29.3 Å². The first-order valence-corrected chi connectivity index (χ1v) is 26.1. The van der Waals surface area contributed by atoms with E-state index in [0.29, 0.717) is 29.7 Å². The summed E-state index contributed by atoms with van der Waals surface area (Å²) in [6.45, 7) is 3.98.